The van der Waals surface area contributed by atoms with Gasteiger partial charge < -0.3 is 10.2 Å². The molecule has 0 aromatic heterocycles. The van der Waals surface area contributed by atoms with Crippen LogP contribution < -0.4 is 10.0 Å². The first-order valence-corrected chi connectivity index (χ1v) is 9.67. The molecule has 0 aromatic rings. The van der Waals surface area contributed by atoms with Crippen molar-refractivity contribution in [2.45, 2.75) is 32.1 Å². The van der Waals surface area contributed by atoms with Gasteiger partial charge >= 0.3 is 0 Å². The molecule has 0 aliphatic carbocycles. The highest BCUT2D eigenvalue weighted by molar-refractivity contribution is 7.87. The van der Waals surface area contributed by atoms with Crippen molar-refractivity contribution in [3.05, 3.63) is 0 Å². The maximum Gasteiger partial charge on any atom is 0.279 e. The second-order valence-corrected chi connectivity index (χ2v) is 7.98. The van der Waals surface area contributed by atoms with Crippen LogP contribution in [-0.2, 0) is 10.2 Å². The molecule has 2 saturated heterocycles. The zero-order valence-electron chi connectivity index (χ0n) is 13.2. The molecule has 2 heterocycles. The van der Waals surface area contributed by atoms with Gasteiger partial charge in [-0.2, -0.15) is 12.7 Å². The highest BCUT2D eigenvalue weighted by Gasteiger charge is 2.28. The third kappa shape index (κ3) is 5.49. The van der Waals surface area contributed by atoms with Crippen molar-refractivity contribution in [2.75, 3.05) is 52.9 Å². The van der Waals surface area contributed by atoms with Crippen molar-refractivity contribution < 1.29 is 8.42 Å². The Labute approximate surface area is 129 Å². The number of piperidine rings is 2. The van der Waals surface area contributed by atoms with Crippen LogP contribution in [0.5, 0.6) is 0 Å². The topological polar surface area (TPSA) is 64.7 Å². The molecule has 0 bridgehead atoms. The molecule has 2 aliphatic heterocycles. The molecule has 6 nitrogen and oxygen atoms in total. The molecule has 2 rings (SSSR count). The van der Waals surface area contributed by atoms with Crippen molar-refractivity contribution in [1.29, 1.82) is 0 Å². The maximum atomic E-state index is 12.4. The van der Waals surface area contributed by atoms with E-state index in [-0.39, 0.29) is 0 Å². The molecule has 1 atom stereocenters. The minimum Gasteiger partial charge on any atom is -0.319 e. The third-order valence-electron chi connectivity index (χ3n) is 4.48. The summed E-state index contributed by atoms with van der Waals surface area (Å²) in [4.78, 5) is 2.35. The number of nitrogens with zero attached hydrogens (tertiary/aromatic N) is 2. The largest absolute Gasteiger partial charge is 0.319 e. The van der Waals surface area contributed by atoms with E-state index < -0.39 is 10.2 Å². The van der Waals surface area contributed by atoms with Gasteiger partial charge in [0, 0.05) is 26.2 Å². The smallest absolute Gasteiger partial charge is 0.279 e. The predicted octanol–water partition coefficient (Wildman–Crippen LogP) is 0.238. The number of rotatable bonds is 7. The molecule has 21 heavy (non-hydrogen) atoms. The van der Waals surface area contributed by atoms with E-state index in [0.29, 0.717) is 25.6 Å². The first-order valence-electron chi connectivity index (χ1n) is 8.23. The van der Waals surface area contributed by atoms with Gasteiger partial charge in [0.1, 0.15) is 0 Å². The molecular formula is C14H30N4O2S. The van der Waals surface area contributed by atoms with Crippen LogP contribution in [-0.4, -0.2) is 70.5 Å². The zero-order chi connectivity index (χ0) is 15.1. The fraction of sp³-hybridized carbons (Fsp3) is 1.00. The molecule has 1 unspecified atom stereocenters. The quantitative estimate of drug-likeness (QED) is 0.706. The Kier molecular flexibility index (Phi) is 6.88. The lowest BCUT2D eigenvalue weighted by molar-refractivity contribution is 0.230. The Morgan fingerprint density at radius 2 is 1.86 bits per heavy atom. The van der Waals surface area contributed by atoms with Crippen molar-refractivity contribution >= 4 is 10.2 Å². The SMILES string of the molecule is CNCC1CCCN(S(=O)(=O)NCCN2CCCCC2)C1. The van der Waals surface area contributed by atoms with E-state index >= 15 is 0 Å². The van der Waals surface area contributed by atoms with Crippen molar-refractivity contribution in [3.63, 3.8) is 0 Å². The van der Waals surface area contributed by atoms with Gasteiger partial charge in [0.2, 0.25) is 0 Å². The van der Waals surface area contributed by atoms with Crippen molar-refractivity contribution in [1.82, 2.24) is 19.2 Å². The molecule has 0 radical (unpaired) electrons. The minimum atomic E-state index is -3.31. The summed E-state index contributed by atoms with van der Waals surface area (Å²) in [6, 6.07) is 0. The summed E-state index contributed by atoms with van der Waals surface area (Å²) >= 11 is 0. The number of likely N-dealkylation sites (tertiary alicyclic amines) is 1. The first kappa shape index (κ1) is 17.1. The summed E-state index contributed by atoms with van der Waals surface area (Å²) in [5.74, 6) is 0.433. The molecule has 124 valence electrons. The van der Waals surface area contributed by atoms with Crippen LogP contribution in [0.2, 0.25) is 0 Å². The predicted molar refractivity (Wildman–Crippen MR) is 85.4 cm³/mol. The van der Waals surface area contributed by atoms with Gasteiger partial charge in [-0.15, -0.1) is 0 Å². The van der Waals surface area contributed by atoms with Crippen LogP contribution in [0.1, 0.15) is 32.1 Å². The fourth-order valence-corrected chi connectivity index (χ4v) is 4.62. The summed E-state index contributed by atoms with van der Waals surface area (Å²) in [7, 11) is -1.39. The maximum absolute atomic E-state index is 12.4. The van der Waals surface area contributed by atoms with Gasteiger partial charge in [-0.3, -0.25) is 0 Å². The second-order valence-electron chi connectivity index (χ2n) is 6.23. The van der Waals surface area contributed by atoms with Crippen LogP contribution in [0.25, 0.3) is 0 Å². The second kappa shape index (κ2) is 8.43. The first-order chi connectivity index (χ1) is 10.1. The molecular weight excluding hydrogens is 288 g/mol. The fourth-order valence-electron chi connectivity index (χ4n) is 3.31. The van der Waals surface area contributed by atoms with E-state index in [1.54, 1.807) is 4.31 Å². The Hall–Kier alpha value is -0.210. The lowest BCUT2D eigenvalue weighted by atomic mass is 10.00. The zero-order valence-corrected chi connectivity index (χ0v) is 14.0. The third-order valence-corrected chi connectivity index (χ3v) is 6.06. The molecule has 7 heteroatoms. The van der Waals surface area contributed by atoms with Crippen LogP contribution in [0, 0.1) is 5.92 Å². The lowest BCUT2D eigenvalue weighted by Gasteiger charge is -2.32. The van der Waals surface area contributed by atoms with E-state index in [0.717, 1.165) is 39.0 Å². The molecule has 2 fully saturated rings. The summed E-state index contributed by atoms with van der Waals surface area (Å²) in [6.07, 6.45) is 5.86. The molecule has 2 aliphatic rings. The monoisotopic (exact) mass is 318 g/mol. The van der Waals surface area contributed by atoms with Crippen LogP contribution in [0.15, 0.2) is 0 Å². The highest BCUT2D eigenvalue weighted by atomic mass is 32.2. The summed E-state index contributed by atoms with van der Waals surface area (Å²) in [5.41, 5.74) is 0. The van der Waals surface area contributed by atoms with Gasteiger partial charge in [-0.1, -0.05) is 6.42 Å². The highest BCUT2D eigenvalue weighted by Crippen LogP contribution is 2.17. The van der Waals surface area contributed by atoms with Crippen LogP contribution in [0.4, 0.5) is 0 Å². The Morgan fingerprint density at radius 3 is 2.57 bits per heavy atom. The summed E-state index contributed by atoms with van der Waals surface area (Å²) < 4.78 is 29.1. The van der Waals surface area contributed by atoms with E-state index in [1.807, 2.05) is 7.05 Å². The van der Waals surface area contributed by atoms with Gasteiger partial charge in [-0.25, -0.2) is 4.72 Å². The average Bonchev–Trinajstić information content (AvgIpc) is 2.49. The van der Waals surface area contributed by atoms with Gasteiger partial charge in [-0.05, 0) is 58.3 Å². The van der Waals surface area contributed by atoms with Gasteiger partial charge in [0.25, 0.3) is 10.2 Å². The molecule has 0 spiro atoms. The lowest BCUT2D eigenvalue weighted by Crippen LogP contribution is -2.49. The molecule has 2 N–H and O–H groups in total. The summed E-state index contributed by atoms with van der Waals surface area (Å²) in [5, 5.41) is 3.15. The van der Waals surface area contributed by atoms with Gasteiger partial charge in [0.05, 0.1) is 0 Å². The number of hydrogen-bond acceptors (Lipinski definition) is 4. The van der Waals surface area contributed by atoms with E-state index in [9.17, 15) is 8.42 Å². The van der Waals surface area contributed by atoms with Crippen LogP contribution in [0.3, 0.4) is 0 Å². The molecule has 0 saturated carbocycles. The number of hydrogen-bond donors (Lipinski definition) is 2. The van der Waals surface area contributed by atoms with Gasteiger partial charge in [0.15, 0.2) is 0 Å². The Balaban J connectivity index is 1.75. The number of nitrogens with one attached hydrogen (secondary N) is 2. The van der Waals surface area contributed by atoms with Crippen LogP contribution >= 0.6 is 0 Å². The van der Waals surface area contributed by atoms with Crippen molar-refractivity contribution in [3.8, 4) is 0 Å². The molecule has 0 aromatic carbocycles. The van der Waals surface area contributed by atoms with E-state index in [4.69, 9.17) is 0 Å². The van der Waals surface area contributed by atoms with Crippen molar-refractivity contribution in [2.24, 2.45) is 5.92 Å². The normalized spacial score (nSPS) is 26.0. The Morgan fingerprint density at radius 1 is 1.10 bits per heavy atom. The summed E-state index contributed by atoms with van der Waals surface area (Å²) in [6.45, 7) is 5.74. The molecule has 0 amide bonds. The Bertz CT molecular complexity index is 394. The standard InChI is InChI=1S/C14H30N4O2S/c1-15-12-14-6-5-10-18(13-14)21(19,20)16-7-11-17-8-3-2-4-9-17/h14-16H,2-13H2,1H3. The van der Waals surface area contributed by atoms with E-state index in [2.05, 4.69) is 14.9 Å². The minimum absolute atomic E-state index is 0.433. The average molecular weight is 318 g/mol. The van der Waals surface area contributed by atoms with E-state index in [1.165, 1.54) is 19.3 Å².